The Bertz CT molecular complexity index is 1230. The third kappa shape index (κ3) is 10.8. The molecule has 0 aliphatic carbocycles. The summed E-state index contributed by atoms with van der Waals surface area (Å²) < 4.78 is 17.1. The number of hydrogen-bond acceptors (Lipinski definition) is 6. The third-order valence-electron chi connectivity index (χ3n) is 6.50. The molecule has 0 aliphatic rings. The minimum atomic E-state index is -0.978. The van der Waals surface area contributed by atoms with Crippen molar-refractivity contribution in [1.82, 2.24) is 4.90 Å². The van der Waals surface area contributed by atoms with Gasteiger partial charge in [-0.2, -0.15) is 11.8 Å². The van der Waals surface area contributed by atoms with Crippen molar-refractivity contribution in [3.63, 3.8) is 0 Å². The molecule has 8 heteroatoms. The number of carboxylic acids is 1. The van der Waals surface area contributed by atoms with Gasteiger partial charge in [0.25, 0.3) is 0 Å². The van der Waals surface area contributed by atoms with Crippen molar-refractivity contribution in [2.24, 2.45) is 0 Å². The summed E-state index contributed by atoms with van der Waals surface area (Å²) in [6.45, 7) is 9.28. The molecule has 3 aromatic rings. The highest BCUT2D eigenvalue weighted by Crippen LogP contribution is 2.25. The standard InChI is InChI=1S/C33H41NO6S/c1-5-38-30(32(35)36)22-27-12-14-29(15-13-27)39-18-17-34(16-9-19-41-23-28-10-7-6-8-11-28)33(37)40-31-25(3)20-24(2)21-26(31)4/h6-8,10-15,20-21,30H,5,9,16-19,22-23H2,1-4H3,(H,35,36). The Morgan fingerprint density at radius 2 is 1.61 bits per heavy atom. The molecule has 3 rings (SSSR count). The quantitative estimate of drug-likeness (QED) is 0.186. The maximum atomic E-state index is 13.3. The number of aliphatic carboxylic acids is 1. The Hall–Kier alpha value is -3.49. The zero-order valence-corrected chi connectivity index (χ0v) is 25.2. The number of carboxylic acid groups (broad SMARTS) is 1. The van der Waals surface area contributed by atoms with Gasteiger partial charge in [-0.15, -0.1) is 0 Å². The first-order chi connectivity index (χ1) is 19.8. The molecule has 1 atom stereocenters. The first kappa shape index (κ1) is 32.0. The van der Waals surface area contributed by atoms with Gasteiger partial charge >= 0.3 is 12.1 Å². The van der Waals surface area contributed by atoms with Gasteiger partial charge in [-0.05, 0) is 74.3 Å². The van der Waals surface area contributed by atoms with Gasteiger partial charge in [0.15, 0.2) is 6.10 Å². The van der Waals surface area contributed by atoms with Gasteiger partial charge in [-0.25, -0.2) is 9.59 Å². The lowest BCUT2D eigenvalue weighted by atomic mass is 10.1. The monoisotopic (exact) mass is 579 g/mol. The first-order valence-electron chi connectivity index (χ1n) is 14.0. The molecule has 3 aromatic carbocycles. The van der Waals surface area contributed by atoms with Crippen molar-refractivity contribution in [3.05, 3.63) is 94.5 Å². The summed E-state index contributed by atoms with van der Waals surface area (Å²) in [7, 11) is 0. The second-order valence-electron chi connectivity index (χ2n) is 9.95. The summed E-state index contributed by atoms with van der Waals surface area (Å²) in [6, 6.07) is 21.7. The van der Waals surface area contributed by atoms with Crippen LogP contribution >= 0.6 is 11.8 Å². The van der Waals surface area contributed by atoms with Crippen LogP contribution in [0.2, 0.25) is 0 Å². The summed E-state index contributed by atoms with van der Waals surface area (Å²) >= 11 is 1.85. The molecule has 7 nitrogen and oxygen atoms in total. The van der Waals surface area contributed by atoms with Crippen LogP contribution in [0.25, 0.3) is 0 Å². The maximum absolute atomic E-state index is 13.3. The highest BCUT2D eigenvalue weighted by atomic mass is 32.2. The number of nitrogens with zero attached hydrogens (tertiary/aromatic N) is 1. The van der Waals surface area contributed by atoms with E-state index < -0.39 is 12.1 Å². The highest BCUT2D eigenvalue weighted by Gasteiger charge is 2.19. The molecule has 0 bridgehead atoms. The minimum Gasteiger partial charge on any atom is -0.492 e. The molecule has 0 fully saturated rings. The average Bonchev–Trinajstić information content (AvgIpc) is 2.94. The zero-order valence-electron chi connectivity index (χ0n) is 24.4. The molecule has 1 amide bonds. The van der Waals surface area contributed by atoms with E-state index in [0.717, 1.165) is 40.2 Å². The molecule has 41 heavy (non-hydrogen) atoms. The van der Waals surface area contributed by atoms with E-state index in [-0.39, 0.29) is 12.5 Å². The minimum absolute atomic E-state index is 0.281. The van der Waals surface area contributed by atoms with Gasteiger partial charge in [-0.3, -0.25) is 0 Å². The number of hydrogen-bond donors (Lipinski definition) is 1. The van der Waals surface area contributed by atoms with E-state index in [0.29, 0.717) is 37.8 Å². The van der Waals surface area contributed by atoms with Crippen LogP contribution in [0.15, 0.2) is 66.7 Å². The van der Waals surface area contributed by atoms with Gasteiger partial charge in [0.2, 0.25) is 0 Å². The van der Waals surface area contributed by atoms with Crippen molar-refractivity contribution < 1.29 is 28.9 Å². The topological polar surface area (TPSA) is 85.3 Å². The van der Waals surface area contributed by atoms with Crippen molar-refractivity contribution in [1.29, 1.82) is 0 Å². The lowest BCUT2D eigenvalue weighted by Crippen LogP contribution is -2.38. The predicted molar refractivity (Wildman–Crippen MR) is 164 cm³/mol. The molecular formula is C33H41NO6S. The van der Waals surface area contributed by atoms with Crippen LogP contribution in [-0.4, -0.2) is 60.2 Å². The van der Waals surface area contributed by atoms with E-state index >= 15 is 0 Å². The van der Waals surface area contributed by atoms with E-state index in [4.69, 9.17) is 14.2 Å². The maximum Gasteiger partial charge on any atom is 0.415 e. The number of carbonyl (C=O) groups excluding carboxylic acids is 1. The molecule has 0 radical (unpaired) electrons. The number of rotatable bonds is 16. The number of thioether (sulfide) groups is 1. The number of ether oxygens (including phenoxy) is 3. The average molecular weight is 580 g/mol. The van der Waals surface area contributed by atoms with E-state index in [2.05, 4.69) is 12.1 Å². The van der Waals surface area contributed by atoms with Crippen molar-refractivity contribution in [3.8, 4) is 11.5 Å². The smallest absolute Gasteiger partial charge is 0.415 e. The fourth-order valence-electron chi connectivity index (χ4n) is 4.52. The predicted octanol–water partition coefficient (Wildman–Crippen LogP) is 6.85. The first-order valence-corrected chi connectivity index (χ1v) is 15.1. The third-order valence-corrected chi connectivity index (χ3v) is 7.61. The molecule has 0 saturated carbocycles. The van der Waals surface area contributed by atoms with Crippen LogP contribution in [0, 0.1) is 20.8 Å². The van der Waals surface area contributed by atoms with Gasteiger partial charge in [-0.1, -0.05) is 60.2 Å². The summed E-state index contributed by atoms with van der Waals surface area (Å²) in [5, 5.41) is 9.32. The molecule has 0 aromatic heterocycles. The lowest BCUT2D eigenvalue weighted by molar-refractivity contribution is -0.149. The summed E-state index contributed by atoms with van der Waals surface area (Å²) in [5.74, 6) is 2.13. The van der Waals surface area contributed by atoms with Crippen molar-refractivity contribution in [2.75, 3.05) is 32.1 Å². The number of benzene rings is 3. The Kier molecular flexibility index (Phi) is 13.0. The molecular weight excluding hydrogens is 538 g/mol. The summed E-state index contributed by atoms with van der Waals surface area (Å²) in [5.41, 5.74) is 5.12. The normalized spacial score (nSPS) is 11.6. The molecule has 0 spiro atoms. The highest BCUT2D eigenvalue weighted by molar-refractivity contribution is 7.98. The largest absolute Gasteiger partial charge is 0.492 e. The Morgan fingerprint density at radius 1 is 0.927 bits per heavy atom. The Balaban J connectivity index is 1.56. The zero-order chi connectivity index (χ0) is 29.6. The fourth-order valence-corrected chi connectivity index (χ4v) is 5.43. The molecule has 0 saturated heterocycles. The van der Waals surface area contributed by atoms with Crippen LogP contribution in [0.1, 0.15) is 41.2 Å². The van der Waals surface area contributed by atoms with Gasteiger partial charge in [0.1, 0.15) is 18.1 Å². The van der Waals surface area contributed by atoms with E-state index in [1.807, 2.05) is 87.1 Å². The molecule has 0 aliphatic heterocycles. The van der Waals surface area contributed by atoms with E-state index in [1.165, 1.54) is 5.56 Å². The Morgan fingerprint density at radius 3 is 2.24 bits per heavy atom. The summed E-state index contributed by atoms with van der Waals surface area (Å²) in [6.07, 6.45) is -0.151. The van der Waals surface area contributed by atoms with Crippen molar-refractivity contribution >= 4 is 23.8 Å². The molecule has 1 N–H and O–H groups in total. The van der Waals surface area contributed by atoms with E-state index in [1.54, 1.807) is 11.8 Å². The van der Waals surface area contributed by atoms with Gasteiger partial charge in [0, 0.05) is 25.3 Å². The Labute approximate surface area is 247 Å². The number of amides is 1. The summed E-state index contributed by atoms with van der Waals surface area (Å²) in [4.78, 5) is 26.3. The van der Waals surface area contributed by atoms with Crippen LogP contribution in [0.5, 0.6) is 11.5 Å². The fraction of sp³-hybridized carbons (Fsp3) is 0.394. The van der Waals surface area contributed by atoms with Crippen LogP contribution in [0.3, 0.4) is 0 Å². The van der Waals surface area contributed by atoms with Crippen molar-refractivity contribution in [2.45, 2.75) is 52.4 Å². The van der Waals surface area contributed by atoms with Crippen LogP contribution in [0.4, 0.5) is 4.79 Å². The molecule has 220 valence electrons. The van der Waals surface area contributed by atoms with E-state index in [9.17, 15) is 14.7 Å². The van der Waals surface area contributed by atoms with Crippen LogP contribution < -0.4 is 9.47 Å². The second-order valence-corrected chi connectivity index (χ2v) is 11.1. The van der Waals surface area contributed by atoms with Gasteiger partial charge < -0.3 is 24.2 Å². The molecule has 1 unspecified atom stereocenters. The number of aryl methyl sites for hydroxylation is 3. The van der Waals surface area contributed by atoms with Crippen LogP contribution in [-0.2, 0) is 21.7 Å². The SMILES string of the molecule is CCOC(Cc1ccc(OCCN(CCCSCc2ccccc2)C(=O)Oc2c(C)cc(C)cc2C)cc1)C(=O)O. The number of carbonyl (C=O) groups is 2. The lowest BCUT2D eigenvalue weighted by Gasteiger charge is -2.23. The van der Waals surface area contributed by atoms with Gasteiger partial charge in [0.05, 0.1) is 6.54 Å². The second kappa shape index (κ2) is 16.7. The molecule has 0 heterocycles.